The minimum absolute atomic E-state index is 0.247. The van der Waals surface area contributed by atoms with E-state index in [1.165, 1.54) is 16.5 Å². The Kier molecular flexibility index (Phi) is 4.65. The van der Waals surface area contributed by atoms with Crippen LogP contribution in [0.25, 0.3) is 22.3 Å². The normalized spacial score (nSPS) is 15.0. The summed E-state index contributed by atoms with van der Waals surface area (Å²) < 4.78 is 2.21. The quantitative estimate of drug-likeness (QED) is 0.329. The molecule has 1 atom stereocenters. The number of para-hydroxylation sites is 2. The first kappa shape index (κ1) is 19.6. The summed E-state index contributed by atoms with van der Waals surface area (Å²) in [5.74, 6) is 0.247. The summed E-state index contributed by atoms with van der Waals surface area (Å²) in [6, 6.07) is 31.4. The third-order valence-electron chi connectivity index (χ3n) is 6.51. The van der Waals surface area contributed by atoms with E-state index in [4.69, 9.17) is 15.0 Å². The average Bonchev–Trinajstić information content (AvgIpc) is 3.37. The Morgan fingerprint density at radius 1 is 0.758 bits per heavy atom. The highest BCUT2D eigenvalue weighted by Crippen LogP contribution is 2.36. The molecule has 33 heavy (non-hydrogen) atoms. The molecule has 0 aliphatic carbocycles. The predicted molar refractivity (Wildman–Crippen MR) is 134 cm³/mol. The second kappa shape index (κ2) is 7.82. The SMILES string of the molecule is CC1C(c2cccc(Cc3cccc(-c4cc5ccccc5n4C)n3)n2)=Nc2ccccc21. The van der Waals surface area contributed by atoms with Gasteiger partial charge in [0.25, 0.3) is 0 Å². The molecule has 0 fully saturated rings. The molecule has 0 bridgehead atoms. The van der Waals surface area contributed by atoms with Crippen molar-refractivity contribution in [2.24, 2.45) is 12.0 Å². The van der Waals surface area contributed by atoms with Crippen molar-refractivity contribution in [3.05, 3.63) is 114 Å². The van der Waals surface area contributed by atoms with E-state index in [-0.39, 0.29) is 5.92 Å². The molecular formula is C29H24N4. The van der Waals surface area contributed by atoms with Crippen molar-refractivity contribution >= 4 is 22.3 Å². The number of aryl methyl sites for hydroxylation is 1. The van der Waals surface area contributed by atoms with Gasteiger partial charge in [-0.3, -0.25) is 15.0 Å². The number of nitrogens with zero attached hydrogens (tertiary/aromatic N) is 4. The standard InChI is InChI=1S/C29H24N4/c1-19-23-12-4-5-13-24(23)32-29(19)26-15-8-11-22(31-26)18-21-10-7-14-25(30-21)28-17-20-9-3-6-16-27(20)33(28)2/h3-17,19H,18H2,1-2H3. The molecule has 2 aromatic carbocycles. The maximum absolute atomic E-state index is 4.98. The zero-order chi connectivity index (χ0) is 22.4. The lowest BCUT2D eigenvalue weighted by Crippen LogP contribution is -2.10. The van der Waals surface area contributed by atoms with Crippen LogP contribution in [0.15, 0.2) is 96.0 Å². The smallest absolute Gasteiger partial charge is 0.0870 e. The van der Waals surface area contributed by atoms with Gasteiger partial charge in [0, 0.05) is 41.7 Å². The molecule has 0 radical (unpaired) electrons. The van der Waals surface area contributed by atoms with Crippen LogP contribution in [0.5, 0.6) is 0 Å². The summed E-state index contributed by atoms with van der Waals surface area (Å²) in [6.07, 6.45) is 0.681. The highest BCUT2D eigenvalue weighted by molar-refractivity contribution is 6.08. The van der Waals surface area contributed by atoms with Gasteiger partial charge in [-0.2, -0.15) is 0 Å². The summed E-state index contributed by atoms with van der Waals surface area (Å²) in [5, 5.41) is 1.23. The van der Waals surface area contributed by atoms with Gasteiger partial charge in [0.1, 0.15) is 0 Å². The number of aliphatic imine (C=N–C) groups is 1. The molecule has 5 aromatic rings. The molecule has 1 unspecified atom stereocenters. The number of fused-ring (bicyclic) bond motifs is 2. The van der Waals surface area contributed by atoms with Gasteiger partial charge < -0.3 is 4.57 Å². The summed E-state index contributed by atoms with van der Waals surface area (Å²) in [6.45, 7) is 2.20. The Labute approximate surface area is 193 Å². The van der Waals surface area contributed by atoms with Crippen molar-refractivity contribution in [2.45, 2.75) is 19.3 Å². The monoisotopic (exact) mass is 428 g/mol. The van der Waals surface area contributed by atoms with Crippen LogP contribution in [-0.4, -0.2) is 20.2 Å². The molecule has 0 amide bonds. The molecule has 6 rings (SSSR count). The van der Waals surface area contributed by atoms with E-state index in [2.05, 4.69) is 103 Å². The molecule has 0 N–H and O–H groups in total. The fourth-order valence-corrected chi connectivity index (χ4v) is 4.77. The lowest BCUT2D eigenvalue weighted by molar-refractivity contribution is 0.956. The van der Waals surface area contributed by atoms with E-state index in [0.717, 1.165) is 39.9 Å². The first-order valence-electron chi connectivity index (χ1n) is 11.3. The molecule has 4 nitrogen and oxygen atoms in total. The number of hydrogen-bond donors (Lipinski definition) is 0. The zero-order valence-corrected chi connectivity index (χ0v) is 18.7. The second-order valence-electron chi connectivity index (χ2n) is 8.63. The van der Waals surface area contributed by atoms with Gasteiger partial charge in [0.05, 0.1) is 28.5 Å². The molecule has 4 heterocycles. The van der Waals surface area contributed by atoms with E-state index in [0.29, 0.717) is 6.42 Å². The summed E-state index contributed by atoms with van der Waals surface area (Å²) in [7, 11) is 2.10. The van der Waals surface area contributed by atoms with Crippen LogP contribution in [0, 0.1) is 0 Å². The Bertz CT molecular complexity index is 1530. The number of rotatable bonds is 4. The van der Waals surface area contributed by atoms with Crippen LogP contribution in [-0.2, 0) is 13.5 Å². The van der Waals surface area contributed by atoms with Gasteiger partial charge in [-0.05, 0) is 48.0 Å². The number of hydrogen-bond acceptors (Lipinski definition) is 3. The summed E-state index contributed by atoms with van der Waals surface area (Å²) >= 11 is 0. The zero-order valence-electron chi connectivity index (χ0n) is 18.7. The van der Waals surface area contributed by atoms with Crippen LogP contribution in [0.4, 0.5) is 5.69 Å². The van der Waals surface area contributed by atoms with Gasteiger partial charge in [-0.15, -0.1) is 0 Å². The fraction of sp³-hybridized carbons (Fsp3) is 0.138. The van der Waals surface area contributed by atoms with E-state index in [1.807, 2.05) is 6.07 Å². The summed E-state index contributed by atoms with van der Waals surface area (Å²) in [5.41, 5.74) is 9.61. The van der Waals surface area contributed by atoms with Crippen molar-refractivity contribution in [3.63, 3.8) is 0 Å². The molecule has 160 valence electrons. The molecule has 0 saturated heterocycles. The maximum Gasteiger partial charge on any atom is 0.0870 e. The Hall–Kier alpha value is -4.05. The lowest BCUT2D eigenvalue weighted by Gasteiger charge is -2.10. The van der Waals surface area contributed by atoms with Crippen molar-refractivity contribution in [2.75, 3.05) is 0 Å². The minimum atomic E-state index is 0.247. The first-order chi connectivity index (χ1) is 16.2. The van der Waals surface area contributed by atoms with Crippen molar-refractivity contribution in [3.8, 4) is 11.4 Å². The topological polar surface area (TPSA) is 43.1 Å². The average molecular weight is 429 g/mol. The van der Waals surface area contributed by atoms with E-state index >= 15 is 0 Å². The molecule has 0 saturated carbocycles. The van der Waals surface area contributed by atoms with Crippen LogP contribution >= 0.6 is 0 Å². The van der Waals surface area contributed by atoms with E-state index in [1.54, 1.807) is 0 Å². The number of benzene rings is 2. The minimum Gasteiger partial charge on any atom is -0.342 e. The lowest BCUT2D eigenvalue weighted by atomic mass is 9.96. The highest BCUT2D eigenvalue weighted by atomic mass is 15.0. The number of pyridine rings is 2. The van der Waals surface area contributed by atoms with Crippen LogP contribution in [0.2, 0.25) is 0 Å². The molecular weight excluding hydrogens is 404 g/mol. The third-order valence-corrected chi connectivity index (χ3v) is 6.51. The Morgan fingerprint density at radius 3 is 2.24 bits per heavy atom. The molecule has 0 spiro atoms. The van der Waals surface area contributed by atoms with Crippen LogP contribution in [0.1, 0.15) is 35.5 Å². The van der Waals surface area contributed by atoms with Crippen molar-refractivity contribution in [1.82, 2.24) is 14.5 Å². The highest BCUT2D eigenvalue weighted by Gasteiger charge is 2.25. The second-order valence-corrected chi connectivity index (χ2v) is 8.63. The van der Waals surface area contributed by atoms with Crippen molar-refractivity contribution in [1.29, 1.82) is 0 Å². The van der Waals surface area contributed by atoms with E-state index < -0.39 is 0 Å². The van der Waals surface area contributed by atoms with Gasteiger partial charge in [0.2, 0.25) is 0 Å². The first-order valence-corrected chi connectivity index (χ1v) is 11.3. The van der Waals surface area contributed by atoms with Crippen molar-refractivity contribution < 1.29 is 0 Å². The molecule has 1 aliphatic rings. The fourth-order valence-electron chi connectivity index (χ4n) is 4.77. The Balaban J connectivity index is 1.30. The van der Waals surface area contributed by atoms with Gasteiger partial charge in [-0.1, -0.05) is 55.5 Å². The molecule has 1 aliphatic heterocycles. The number of aromatic nitrogens is 3. The van der Waals surface area contributed by atoms with Crippen LogP contribution in [0.3, 0.4) is 0 Å². The maximum atomic E-state index is 4.98. The summed E-state index contributed by atoms with van der Waals surface area (Å²) in [4.78, 5) is 14.8. The predicted octanol–water partition coefficient (Wildman–Crippen LogP) is 6.46. The largest absolute Gasteiger partial charge is 0.342 e. The van der Waals surface area contributed by atoms with E-state index in [9.17, 15) is 0 Å². The van der Waals surface area contributed by atoms with Crippen LogP contribution < -0.4 is 0 Å². The van der Waals surface area contributed by atoms with Gasteiger partial charge in [0.15, 0.2) is 0 Å². The Morgan fingerprint density at radius 2 is 1.45 bits per heavy atom. The van der Waals surface area contributed by atoms with Gasteiger partial charge in [-0.25, -0.2) is 0 Å². The van der Waals surface area contributed by atoms with Gasteiger partial charge >= 0.3 is 0 Å². The molecule has 3 aromatic heterocycles. The third kappa shape index (κ3) is 3.44. The molecule has 4 heteroatoms.